The first-order chi connectivity index (χ1) is 19.8. The van der Waals surface area contributed by atoms with Crippen molar-refractivity contribution in [3.05, 3.63) is 122 Å². The van der Waals surface area contributed by atoms with Crippen molar-refractivity contribution in [2.24, 2.45) is 0 Å². The van der Waals surface area contributed by atoms with E-state index in [9.17, 15) is 14.4 Å². The lowest BCUT2D eigenvalue weighted by atomic mass is 9.72. The van der Waals surface area contributed by atoms with Crippen molar-refractivity contribution in [2.45, 2.75) is 45.1 Å². The second-order valence-corrected chi connectivity index (χ2v) is 10.5. The van der Waals surface area contributed by atoms with Crippen LogP contribution in [0, 0.1) is 6.92 Å². The Balaban J connectivity index is 1.43. The average molecular weight is 552 g/mol. The van der Waals surface area contributed by atoms with Crippen molar-refractivity contribution in [1.29, 1.82) is 0 Å². The quantitative estimate of drug-likeness (QED) is 0.299. The zero-order chi connectivity index (χ0) is 28.7. The molecule has 3 heterocycles. The zero-order valence-electron chi connectivity index (χ0n) is 23.0. The van der Waals surface area contributed by atoms with Crippen molar-refractivity contribution in [1.82, 2.24) is 5.32 Å². The molecule has 6 rings (SSSR count). The lowest BCUT2D eigenvalue weighted by Crippen LogP contribution is -2.37. The number of carbonyl (C=O) groups is 2. The topological polar surface area (TPSA) is 108 Å². The molecule has 0 bridgehead atoms. The number of hydrogen-bond donors (Lipinski definition) is 1. The Hall–Kier alpha value is -4.85. The van der Waals surface area contributed by atoms with Gasteiger partial charge in [-0.25, -0.2) is 4.79 Å². The summed E-state index contributed by atoms with van der Waals surface area (Å²) in [4.78, 5) is 41.4. The maximum absolute atomic E-state index is 13.9. The fraction of sp³-hybridized carbons (Fsp3) is 0.242. The van der Waals surface area contributed by atoms with Crippen LogP contribution in [0.4, 0.5) is 0 Å². The van der Waals surface area contributed by atoms with Crippen LogP contribution in [-0.4, -0.2) is 18.9 Å². The van der Waals surface area contributed by atoms with Crippen LogP contribution in [0.15, 0.2) is 103 Å². The first-order valence-electron chi connectivity index (χ1n) is 13.4. The number of methoxy groups -OCH3 is 1. The summed E-state index contributed by atoms with van der Waals surface area (Å²) in [5, 5.41) is 3.69. The van der Waals surface area contributed by atoms with Gasteiger partial charge in [0.1, 0.15) is 23.7 Å². The minimum absolute atomic E-state index is 0.0122. The summed E-state index contributed by atoms with van der Waals surface area (Å²) in [5.41, 5.74) is 3.81. The van der Waals surface area contributed by atoms with E-state index in [0.717, 1.165) is 16.9 Å². The molecule has 0 saturated heterocycles. The van der Waals surface area contributed by atoms with Crippen molar-refractivity contribution >= 4 is 22.7 Å². The molecular formula is C33H29NO7. The lowest BCUT2D eigenvalue weighted by Gasteiger charge is -2.35. The number of Topliss-reactive ketones (excluding diaryl/α,β-unsaturated/α-hetero) is 1. The third-order valence-corrected chi connectivity index (χ3v) is 7.79. The maximum atomic E-state index is 13.9. The van der Waals surface area contributed by atoms with Gasteiger partial charge < -0.3 is 23.6 Å². The summed E-state index contributed by atoms with van der Waals surface area (Å²) in [6, 6.07) is 16.2. The molecule has 1 N–H and O–H groups in total. The molecule has 8 heteroatoms. The fourth-order valence-corrected chi connectivity index (χ4v) is 5.75. The third kappa shape index (κ3) is 4.86. The van der Waals surface area contributed by atoms with Gasteiger partial charge in [-0.3, -0.25) is 9.59 Å². The number of allylic oxidation sites excluding steroid dienone is 3. The van der Waals surface area contributed by atoms with Crippen molar-refractivity contribution in [2.75, 3.05) is 7.11 Å². The molecule has 0 spiro atoms. The summed E-state index contributed by atoms with van der Waals surface area (Å²) >= 11 is 0. The van der Waals surface area contributed by atoms with Gasteiger partial charge in [0.05, 0.1) is 36.5 Å². The number of esters is 1. The van der Waals surface area contributed by atoms with Crippen molar-refractivity contribution in [3.8, 4) is 5.75 Å². The second-order valence-electron chi connectivity index (χ2n) is 10.5. The Morgan fingerprint density at radius 1 is 1.02 bits per heavy atom. The van der Waals surface area contributed by atoms with Gasteiger partial charge in [-0.2, -0.15) is 0 Å². The zero-order valence-corrected chi connectivity index (χ0v) is 23.0. The Kier molecular flexibility index (Phi) is 6.83. The number of hydrogen-bond acceptors (Lipinski definition) is 8. The molecule has 0 radical (unpaired) electrons. The molecule has 2 aromatic carbocycles. The molecule has 208 valence electrons. The number of aryl methyl sites for hydroxylation is 1. The summed E-state index contributed by atoms with van der Waals surface area (Å²) in [6.45, 7) is 3.66. The molecule has 0 fully saturated rings. The van der Waals surface area contributed by atoms with Crippen LogP contribution in [0.25, 0.3) is 11.0 Å². The van der Waals surface area contributed by atoms with Gasteiger partial charge in [-0.15, -0.1) is 0 Å². The van der Waals surface area contributed by atoms with Gasteiger partial charge >= 0.3 is 5.97 Å². The molecule has 41 heavy (non-hydrogen) atoms. The summed E-state index contributed by atoms with van der Waals surface area (Å²) in [7, 11) is 1.58. The van der Waals surface area contributed by atoms with E-state index in [2.05, 4.69) is 5.32 Å². The highest BCUT2D eigenvalue weighted by molar-refractivity contribution is 6.04. The monoisotopic (exact) mass is 551 g/mol. The normalized spacial score (nSPS) is 18.8. The van der Waals surface area contributed by atoms with Crippen LogP contribution < -0.4 is 15.5 Å². The Bertz CT molecular complexity index is 1770. The van der Waals surface area contributed by atoms with E-state index in [1.165, 1.54) is 6.26 Å². The molecule has 0 amide bonds. The Morgan fingerprint density at radius 3 is 2.56 bits per heavy atom. The molecule has 2 atom stereocenters. The number of fused-ring (bicyclic) bond motifs is 1. The highest BCUT2D eigenvalue weighted by Gasteiger charge is 2.43. The summed E-state index contributed by atoms with van der Waals surface area (Å²) < 4.78 is 22.4. The predicted molar refractivity (Wildman–Crippen MR) is 151 cm³/mol. The molecule has 4 aromatic rings. The van der Waals surface area contributed by atoms with Crippen LogP contribution in [0.5, 0.6) is 5.75 Å². The van der Waals surface area contributed by atoms with Gasteiger partial charge in [-0.05, 0) is 62.2 Å². The molecule has 1 aliphatic heterocycles. The summed E-state index contributed by atoms with van der Waals surface area (Å²) in [6.07, 6.45) is 3.64. The minimum atomic E-state index is -0.944. The number of benzene rings is 2. The Morgan fingerprint density at radius 2 is 1.83 bits per heavy atom. The number of ketones is 1. The number of nitrogens with one attached hydrogen (secondary N) is 1. The highest BCUT2D eigenvalue weighted by atomic mass is 16.5. The van der Waals surface area contributed by atoms with Crippen LogP contribution in [0.1, 0.15) is 54.1 Å². The largest absolute Gasteiger partial charge is 0.497 e. The van der Waals surface area contributed by atoms with Crippen LogP contribution in [0.2, 0.25) is 0 Å². The first kappa shape index (κ1) is 26.4. The molecule has 2 aromatic heterocycles. The van der Waals surface area contributed by atoms with E-state index in [1.54, 1.807) is 50.6 Å². The van der Waals surface area contributed by atoms with Gasteiger partial charge in [0.2, 0.25) is 0 Å². The maximum Gasteiger partial charge on any atom is 0.337 e. The van der Waals surface area contributed by atoms with Gasteiger partial charge in [0.25, 0.3) is 0 Å². The molecule has 8 nitrogen and oxygen atoms in total. The Labute approximate surface area is 236 Å². The van der Waals surface area contributed by atoms with E-state index in [4.69, 9.17) is 18.3 Å². The SMILES string of the molecule is COc1ccc(COC(=O)C2=C(C)NC3=C(C(=O)C[C@H](c4ccco4)C3)[C@H]2c2coc3ccc(C)cc3c2=O)cc1. The van der Waals surface area contributed by atoms with Crippen LogP contribution in [0.3, 0.4) is 0 Å². The van der Waals surface area contributed by atoms with E-state index in [-0.39, 0.29) is 41.3 Å². The van der Waals surface area contributed by atoms with E-state index >= 15 is 0 Å². The fourth-order valence-electron chi connectivity index (χ4n) is 5.75. The molecule has 0 unspecified atom stereocenters. The first-order valence-corrected chi connectivity index (χ1v) is 13.4. The number of furan rings is 1. The van der Waals surface area contributed by atoms with Crippen molar-refractivity contribution < 1.29 is 27.9 Å². The van der Waals surface area contributed by atoms with E-state index in [1.807, 2.05) is 31.2 Å². The van der Waals surface area contributed by atoms with Crippen molar-refractivity contribution in [3.63, 3.8) is 0 Å². The van der Waals surface area contributed by atoms with Gasteiger partial charge in [-0.1, -0.05) is 23.8 Å². The van der Waals surface area contributed by atoms with Crippen LogP contribution in [-0.2, 0) is 20.9 Å². The van der Waals surface area contributed by atoms with Gasteiger partial charge in [0, 0.05) is 34.9 Å². The minimum Gasteiger partial charge on any atom is -0.497 e. The van der Waals surface area contributed by atoms with Crippen LogP contribution >= 0.6 is 0 Å². The smallest absolute Gasteiger partial charge is 0.337 e. The summed E-state index contributed by atoms with van der Waals surface area (Å²) in [5.74, 6) is -0.474. The molecule has 0 saturated carbocycles. The molecule has 2 aliphatic rings. The van der Waals surface area contributed by atoms with Gasteiger partial charge in [0.15, 0.2) is 11.2 Å². The molecular weight excluding hydrogens is 522 g/mol. The third-order valence-electron chi connectivity index (χ3n) is 7.79. The number of carbonyl (C=O) groups excluding carboxylic acids is 2. The van der Waals surface area contributed by atoms with E-state index in [0.29, 0.717) is 40.1 Å². The number of ether oxygens (including phenoxy) is 2. The highest BCUT2D eigenvalue weighted by Crippen LogP contribution is 2.45. The lowest BCUT2D eigenvalue weighted by molar-refractivity contribution is -0.140. The van der Waals surface area contributed by atoms with E-state index < -0.39 is 11.9 Å². The number of dihydropyridines is 1. The average Bonchev–Trinajstić information content (AvgIpc) is 3.51. The second kappa shape index (κ2) is 10.6. The predicted octanol–water partition coefficient (Wildman–Crippen LogP) is 5.81. The standard InChI is InChI=1S/C33H29NO7/c1-18-6-11-28-23(13-18)32(36)24(17-40-28)30-29(33(37)41-16-20-7-9-22(38-3)10-8-20)19(2)34-25-14-21(15-26(35)31(25)30)27-5-4-12-39-27/h4-13,17,21,30,34H,14-16H2,1-3H3/t21-,30+/m1/s1. The number of rotatable bonds is 6. The molecule has 1 aliphatic carbocycles.